The van der Waals surface area contributed by atoms with E-state index in [1.807, 2.05) is 6.07 Å². The van der Waals surface area contributed by atoms with Gasteiger partial charge in [-0.05, 0) is 6.42 Å². The molecule has 0 amide bonds. The van der Waals surface area contributed by atoms with E-state index in [1.54, 1.807) is 0 Å². The molecule has 0 aliphatic heterocycles. The number of rotatable bonds is 4. The van der Waals surface area contributed by atoms with E-state index in [2.05, 4.69) is 9.97 Å². The lowest BCUT2D eigenvalue weighted by Gasteiger charge is -2.01. The largest absolute Gasteiger partial charge is 0.316 e. The van der Waals surface area contributed by atoms with Crippen LogP contribution in [0.4, 0.5) is 0 Å². The Morgan fingerprint density at radius 1 is 1.79 bits per heavy atom. The van der Waals surface area contributed by atoms with Crippen molar-refractivity contribution < 1.29 is 0 Å². The van der Waals surface area contributed by atoms with E-state index >= 15 is 0 Å². The van der Waals surface area contributed by atoms with Crippen LogP contribution in [0, 0.1) is 11.3 Å². The molecule has 0 fully saturated rings. The predicted octanol–water partition coefficient (Wildman–Crippen LogP) is 0.103. The van der Waals surface area contributed by atoms with E-state index < -0.39 is 6.04 Å². The van der Waals surface area contributed by atoms with Crippen LogP contribution in [-0.2, 0) is 0 Å². The second kappa shape index (κ2) is 5.42. The van der Waals surface area contributed by atoms with Gasteiger partial charge in [0.2, 0.25) is 0 Å². The minimum absolute atomic E-state index is 0.174. The first-order valence-corrected chi connectivity index (χ1v) is 5.04. The molecule has 1 aromatic rings. The van der Waals surface area contributed by atoms with E-state index in [1.165, 1.54) is 24.0 Å². The van der Waals surface area contributed by atoms with Crippen LogP contribution in [0.2, 0.25) is 0 Å². The van der Waals surface area contributed by atoms with Gasteiger partial charge in [-0.1, -0.05) is 11.8 Å². The fourth-order valence-corrected chi connectivity index (χ4v) is 1.65. The van der Waals surface area contributed by atoms with Crippen LogP contribution in [0.15, 0.2) is 22.2 Å². The second-order valence-corrected chi connectivity index (χ2v) is 3.70. The van der Waals surface area contributed by atoms with Crippen LogP contribution in [-0.4, -0.2) is 21.8 Å². The Bertz CT molecular complexity index is 383. The van der Waals surface area contributed by atoms with E-state index in [0.29, 0.717) is 17.3 Å². The van der Waals surface area contributed by atoms with Gasteiger partial charge in [-0.3, -0.25) is 4.79 Å². The molecular formula is C8H10N4OS. The Morgan fingerprint density at radius 3 is 3.21 bits per heavy atom. The van der Waals surface area contributed by atoms with E-state index in [0.717, 1.165) is 0 Å². The third-order valence-electron chi connectivity index (χ3n) is 1.48. The number of nitriles is 1. The molecular weight excluding hydrogens is 200 g/mol. The van der Waals surface area contributed by atoms with Crippen molar-refractivity contribution in [1.29, 1.82) is 5.26 Å². The summed E-state index contributed by atoms with van der Waals surface area (Å²) in [6.45, 7) is 0. The first-order chi connectivity index (χ1) is 6.72. The van der Waals surface area contributed by atoms with Crippen molar-refractivity contribution in [1.82, 2.24) is 9.97 Å². The quantitative estimate of drug-likeness (QED) is 0.543. The Kier molecular flexibility index (Phi) is 4.16. The fraction of sp³-hybridized carbons (Fsp3) is 0.375. The lowest BCUT2D eigenvalue weighted by atomic mass is 10.3. The normalized spacial score (nSPS) is 12.0. The minimum Gasteiger partial charge on any atom is -0.316 e. The molecule has 14 heavy (non-hydrogen) atoms. The van der Waals surface area contributed by atoms with Crippen LogP contribution >= 0.6 is 11.8 Å². The van der Waals surface area contributed by atoms with E-state index in [9.17, 15) is 4.79 Å². The van der Waals surface area contributed by atoms with Crippen molar-refractivity contribution in [2.45, 2.75) is 17.6 Å². The lowest BCUT2D eigenvalue weighted by molar-refractivity contribution is 0.800. The van der Waals surface area contributed by atoms with Crippen LogP contribution in [0.25, 0.3) is 0 Å². The molecule has 0 aliphatic carbocycles. The summed E-state index contributed by atoms with van der Waals surface area (Å²) in [6, 6.07) is 2.84. The molecule has 0 bridgehead atoms. The smallest absolute Gasteiger partial charge is 0.251 e. The number of H-pyrrole nitrogens is 1. The average molecular weight is 210 g/mol. The third-order valence-corrected chi connectivity index (χ3v) is 2.40. The van der Waals surface area contributed by atoms with Crippen LogP contribution in [0.3, 0.4) is 0 Å². The van der Waals surface area contributed by atoms with Crippen LogP contribution in [0.5, 0.6) is 0 Å². The van der Waals surface area contributed by atoms with Gasteiger partial charge in [0.15, 0.2) is 5.16 Å². The van der Waals surface area contributed by atoms with Gasteiger partial charge in [-0.2, -0.15) is 5.26 Å². The highest BCUT2D eigenvalue weighted by molar-refractivity contribution is 7.99. The maximum Gasteiger partial charge on any atom is 0.251 e. The zero-order valence-electron chi connectivity index (χ0n) is 7.43. The lowest BCUT2D eigenvalue weighted by Crippen LogP contribution is -2.17. The number of aromatic nitrogens is 2. The predicted molar refractivity (Wildman–Crippen MR) is 53.8 cm³/mol. The number of hydrogen-bond acceptors (Lipinski definition) is 5. The summed E-state index contributed by atoms with van der Waals surface area (Å²) >= 11 is 1.38. The maximum absolute atomic E-state index is 10.9. The number of nitrogens with one attached hydrogen (secondary N) is 1. The SMILES string of the molecule is N#CC(N)CCSc1nccc(=O)[nH]1. The molecule has 1 rings (SSSR count). The van der Waals surface area contributed by atoms with Gasteiger partial charge >= 0.3 is 0 Å². The minimum atomic E-state index is -0.446. The molecule has 1 atom stereocenters. The van der Waals surface area contributed by atoms with E-state index in [-0.39, 0.29) is 5.56 Å². The number of aromatic amines is 1. The van der Waals surface area contributed by atoms with Gasteiger partial charge < -0.3 is 10.7 Å². The molecule has 1 aromatic heterocycles. The van der Waals surface area contributed by atoms with Gasteiger partial charge in [0.25, 0.3) is 5.56 Å². The number of nitrogens with zero attached hydrogens (tertiary/aromatic N) is 2. The van der Waals surface area contributed by atoms with Crippen molar-refractivity contribution in [3.8, 4) is 6.07 Å². The summed E-state index contributed by atoms with van der Waals surface area (Å²) in [4.78, 5) is 17.4. The molecule has 0 saturated carbocycles. The standard InChI is InChI=1S/C8H10N4OS/c9-5-6(10)2-4-14-8-11-3-1-7(13)12-8/h1,3,6H,2,4,10H2,(H,11,12,13). The molecule has 0 aliphatic rings. The number of thioether (sulfide) groups is 1. The molecule has 3 N–H and O–H groups in total. The first kappa shape index (κ1) is 10.8. The van der Waals surface area contributed by atoms with Gasteiger partial charge in [-0.25, -0.2) is 4.98 Å². The number of nitrogens with two attached hydrogens (primary N) is 1. The summed E-state index contributed by atoms with van der Waals surface area (Å²) in [7, 11) is 0. The summed E-state index contributed by atoms with van der Waals surface area (Å²) < 4.78 is 0. The van der Waals surface area contributed by atoms with Crippen molar-refractivity contribution in [2.24, 2.45) is 5.73 Å². The summed E-state index contributed by atoms with van der Waals surface area (Å²) in [6.07, 6.45) is 2.03. The Hall–Kier alpha value is -1.32. The molecule has 0 spiro atoms. The molecule has 0 aromatic carbocycles. The van der Waals surface area contributed by atoms with Gasteiger partial charge in [-0.15, -0.1) is 0 Å². The monoisotopic (exact) mass is 210 g/mol. The molecule has 74 valence electrons. The highest BCUT2D eigenvalue weighted by Gasteiger charge is 2.01. The zero-order valence-corrected chi connectivity index (χ0v) is 8.25. The summed E-state index contributed by atoms with van der Waals surface area (Å²) in [5.74, 6) is 0.668. The van der Waals surface area contributed by atoms with Crippen LogP contribution in [0.1, 0.15) is 6.42 Å². The first-order valence-electron chi connectivity index (χ1n) is 4.05. The van der Waals surface area contributed by atoms with Gasteiger partial charge in [0, 0.05) is 18.0 Å². The Labute approximate surface area is 85.3 Å². The highest BCUT2D eigenvalue weighted by Crippen LogP contribution is 2.11. The molecule has 0 saturated heterocycles. The molecule has 5 nitrogen and oxygen atoms in total. The summed E-state index contributed by atoms with van der Waals surface area (Å²) in [5.41, 5.74) is 5.23. The van der Waals surface area contributed by atoms with Gasteiger partial charge in [0.1, 0.15) is 0 Å². The van der Waals surface area contributed by atoms with Crippen molar-refractivity contribution in [3.63, 3.8) is 0 Å². The molecule has 0 radical (unpaired) electrons. The molecule has 6 heteroatoms. The topological polar surface area (TPSA) is 95.6 Å². The maximum atomic E-state index is 10.9. The highest BCUT2D eigenvalue weighted by atomic mass is 32.2. The van der Waals surface area contributed by atoms with Crippen molar-refractivity contribution >= 4 is 11.8 Å². The molecule has 1 unspecified atom stereocenters. The van der Waals surface area contributed by atoms with E-state index in [4.69, 9.17) is 11.0 Å². The molecule has 1 heterocycles. The fourth-order valence-electron chi connectivity index (χ4n) is 0.772. The number of hydrogen-bond donors (Lipinski definition) is 2. The zero-order chi connectivity index (χ0) is 10.4. The second-order valence-electron chi connectivity index (χ2n) is 2.61. The average Bonchev–Trinajstić information content (AvgIpc) is 2.17. The summed E-state index contributed by atoms with van der Waals surface area (Å²) in [5, 5.41) is 8.98. The Balaban J connectivity index is 2.40. The van der Waals surface area contributed by atoms with Gasteiger partial charge in [0.05, 0.1) is 12.1 Å². The third kappa shape index (κ3) is 3.60. The Morgan fingerprint density at radius 2 is 2.57 bits per heavy atom. The van der Waals surface area contributed by atoms with Crippen LogP contribution < -0.4 is 11.3 Å². The van der Waals surface area contributed by atoms with Crippen molar-refractivity contribution in [2.75, 3.05) is 5.75 Å². The van der Waals surface area contributed by atoms with Crippen molar-refractivity contribution in [3.05, 3.63) is 22.6 Å².